The van der Waals surface area contributed by atoms with Gasteiger partial charge in [0.1, 0.15) is 0 Å². The average molecular weight is 323 g/mol. The van der Waals surface area contributed by atoms with Crippen LogP contribution in [0.3, 0.4) is 0 Å². The molecule has 1 heterocycles. The molecule has 0 saturated heterocycles. The van der Waals surface area contributed by atoms with Crippen molar-refractivity contribution in [3.63, 3.8) is 0 Å². The monoisotopic (exact) mass is 322 g/mol. The van der Waals surface area contributed by atoms with Crippen LogP contribution < -0.4 is 9.47 Å². The van der Waals surface area contributed by atoms with Crippen molar-refractivity contribution in [2.75, 3.05) is 13.2 Å². The van der Waals surface area contributed by atoms with Gasteiger partial charge in [0.2, 0.25) is 0 Å². The molecular formula is C16H12Cl2O3. The third-order valence-electron chi connectivity index (χ3n) is 3.17. The molecule has 0 saturated carbocycles. The van der Waals surface area contributed by atoms with Crippen LogP contribution in [0.5, 0.6) is 11.5 Å². The molecule has 0 N–H and O–H groups in total. The second-order valence-corrected chi connectivity index (χ2v) is 5.51. The van der Waals surface area contributed by atoms with Crippen molar-refractivity contribution in [3.05, 3.63) is 57.6 Å². The Labute approximate surface area is 132 Å². The Kier molecular flexibility index (Phi) is 4.04. The first kappa shape index (κ1) is 14.2. The Morgan fingerprint density at radius 2 is 1.71 bits per heavy atom. The van der Waals surface area contributed by atoms with Crippen LogP contribution in [-0.4, -0.2) is 19.0 Å². The number of hydrogen-bond acceptors (Lipinski definition) is 3. The molecule has 2 aromatic carbocycles. The zero-order chi connectivity index (χ0) is 14.8. The molecule has 0 spiro atoms. The molecule has 0 aliphatic carbocycles. The summed E-state index contributed by atoms with van der Waals surface area (Å²) in [6, 6.07) is 10.0. The van der Waals surface area contributed by atoms with Gasteiger partial charge in [-0.25, -0.2) is 0 Å². The summed E-state index contributed by atoms with van der Waals surface area (Å²) in [6.07, 6.45) is 0.796. The lowest BCUT2D eigenvalue weighted by Gasteiger charge is -2.11. The topological polar surface area (TPSA) is 35.5 Å². The fraction of sp³-hybridized carbons (Fsp3) is 0.188. The Morgan fingerprint density at radius 3 is 2.43 bits per heavy atom. The summed E-state index contributed by atoms with van der Waals surface area (Å²) in [6.45, 7) is 1.13. The molecule has 3 rings (SSSR count). The van der Waals surface area contributed by atoms with Gasteiger partial charge in [0, 0.05) is 28.6 Å². The number of halogens is 2. The van der Waals surface area contributed by atoms with Crippen molar-refractivity contribution in [2.24, 2.45) is 0 Å². The standard InChI is InChI=1S/C16H12Cl2O3/c17-11-4-1-3-10(7-11)16(19)12-8-14-15(9-13(12)18)21-6-2-5-20-14/h1,3-4,7-9H,2,5-6H2. The van der Waals surface area contributed by atoms with E-state index < -0.39 is 0 Å². The van der Waals surface area contributed by atoms with Gasteiger partial charge in [-0.15, -0.1) is 0 Å². The number of hydrogen-bond donors (Lipinski definition) is 0. The molecule has 3 nitrogen and oxygen atoms in total. The molecule has 1 aliphatic rings. The molecule has 0 atom stereocenters. The number of ketones is 1. The minimum atomic E-state index is -0.196. The second-order valence-electron chi connectivity index (χ2n) is 4.67. The second kappa shape index (κ2) is 5.96. The van der Waals surface area contributed by atoms with E-state index in [0.717, 1.165) is 6.42 Å². The maximum Gasteiger partial charge on any atom is 0.194 e. The summed E-state index contributed by atoms with van der Waals surface area (Å²) in [5, 5.41) is 0.843. The molecule has 0 aromatic heterocycles. The molecule has 0 unspecified atom stereocenters. The van der Waals surface area contributed by atoms with Crippen molar-refractivity contribution in [1.29, 1.82) is 0 Å². The number of benzene rings is 2. The molecule has 0 fully saturated rings. The van der Waals surface area contributed by atoms with E-state index in [9.17, 15) is 4.79 Å². The molecule has 2 aromatic rings. The Balaban J connectivity index is 2.02. The third kappa shape index (κ3) is 2.99. The number of fused-ring (bicyclic) bond motifs is 1. The van der Waals surface area contributed by atoms with Crippen molar-refractivity contribution in [2.45, 2.75) is 6.42 Å². The Bertz CT molecular complexity index is 698. The lowest BCUT2D eigenvalue weighted by atomic mass is 10.0. The molecule has 0 bridgehead atoms. The first-order chi connectivity index (χ1) is 10.1. The third-order valence-corrected chi connectivity index (χ3v) is 3.72. The van der Waals surface area contributed by atoms with Crippen LogP contribution in [0.4, 0.5) is 0 Å². The van der Waals surface area contributed by atoms with Crippen molar-refractivity contribution < 1.29 is 14.3 Å². The van der Waals surface area contributed by atoms with Crippen LogP contribution in [-0.2, 0) is 0 Å². The van der Waals surface area contributed by atoms with Crippen LogP contribution >= 0.6 is 23.2 Å². The first-order valence-electron chi connectivity index (χ1n) is 6.54. The van der Waals surface area contributed by atoms with Crippen LogP contribution in [0.1, 0.15) is 22.3 Å². The van der Waals surface area contributed by atoms with Gasteiger partial charge in [0.05, 0.1) is 18.2 Å². The van der Waals surface area contributed by atoms with Gasteiger partial charge < -0.3 is 9.47 Å². The number of ether oxygens (including phenoxy) is 2. The van der Waals surface area contributed by atoms with Crippen LogP contribution in [0.2, 0.25) is 10.0 Å². The predicted octanol–water partition coefficient (Wildman–Crippen LogP) is 4.39. The summed E-state index contributed by atoms with van der Waals surface area (Å²) in [7, 11) is 0. The van der Waals surface area contributed by atoms with Gasteiger partial charge in [-0.2, -0.15) is 0 Å². The number of carbonyl (C=O) groups is 1. The van der Waals surface area contributed by atoms with E-state index in [1.54, 1.807) is 36.4 Å². The molecule has 0 amide bonds. The molecule has 108 valence electrons. The van der Waals surface area contributed by atoms with Gasteiger partial charge in [-0.1, -0.05) is 35.3 Å². The highest BCUT2D eigenvalue weighted by molar-refractivity contribution is 6.35. The average Bonchev–Trinajstić information content (AvgIpc) is 2.70. The number of rotatable bonds is 2. The summed E-state index contributed by atoms with van der Waals surface area (Å²) >= 11 is 12.1. The van der Waals surface area contributed by atoms with E-state index in [1.807, 2.05) is 0 Å². The van der Waals surface area contributed by atoms with Crippen molar-refractivity contribution >= 4 is 29.0 Å². The highest BCUT2D eigenvalue weighted by Gasteiger charge is 2.19. The van der Waals surface area contributed by atoms with Crippen LogP contribution in [0.25, 0.3) is 0 Å². The Morgan fingerprint density at radius 1 is 1.00 bits per heavy atom. The van der Waals surface area contributed by atoms with Crippen molar-refractivity contribution in [3.8, 4) is 11.5 Å². The largest absolute Gasteiger partial charge is 0.490 e. The molecule has 5 heteroatoms. The molecule has 1 aliphatic heterocycles. The lowest BCUT2D eigenvalue weighted by molar-refractivity contribution is 0.103. The molecule has 21 heavy (non-hydrogen) atoms. The number of carbonyl (C=O) groups excluding carboxylic acids is 1. The summed E-state index contributed by atoms with van der Waals surface area (Å²) in [5.74, 6) is 0.917. The van der Waals surface area contributed by atoms with E-state index in [4.69, 9.17) is 32.7 Å². The van der Waals surface area contributed by atoms with Gasteiger partial charge in [0.15, 0.2) is 17.3 Å². The Hall–Kier alpha value is -1.71. The fourth-order valence-corrected chi connectivity index (χ4v) is 2.57. The van der Waals surface area contributed by atoms with Crippen LogP contribution in [0.15, 0.2) is 36.4 Å². The van der Waals surface area contributed by atoms with Gasteiger partial charge in [-0.05, 0) is 18.2 Å². The van der Waals surface area contributed by atoms with Crippen molar-refractivity contribution in [1.82, 2.24) is 0 Å². The quantitative estimate of drug-likeness (QED) is 0.769. The van der Waals surface area contributed by atoms with Gasteiger partial charge in [-0.3, -0.25) is 4.79 Å². The van der Waals surface area contributed by atoms with E-state index in [0.29, 0.717) is 45.9 Å². The van der Waals surface area contributed by atoms with Gasteiger partial charge >= 0.3 is 0 Å². The van der Waals surface area contributed by atoms with Crippen LogP contribution in [0, 0.1) is 0 Å². The maximum atomic E-state index is 12.6. The molecule has 0 radical (unpaired) electrons. The van der Waals surface area contributed by atoms with E-state index >= 15 is 0 Å². The van der Waals surface area contributed by atoms with E-state index in [-0.39, 0.29) is 5.78 Å². The predicted molar refractivity (Wildman–Crippen MR) is 81.9 cm³/mol. The highest BCUT2D eigenvalue weighted by atomic mass is 35.5. The minimum Gasteiger partial charge on any atom is -0.490 e. The minimum absolute atomic E-state index is 0.196. The zero-order valence-corrected chi connectivity index (χ0v) is 12.6. The SMILES string of the molecule is O=C(c1cccc(Cl)c1)c1cc2c(cc1Cl)OCCCO2. The highest BCUT2D eigenvalue weighted by Crippen LogP contribution is 2.36. The summed E-state index contributed by atoms with van der Waals surface area (Å²) in [5.41, 5.74) is 0.863. The maximum absolute atomic E-state index is 12.6. The normalized spacial score (nSPS) is 13.6. The molecular weight excluding hydrogens is 311 g/mol. The smallest absolute Gasteiger partial charge is 0.194 e. The lowest BCUT2D eigenvalue weighted by Crippen LogP contribution is -2.03. The van der Waals surface area contributed by atoms with E-state index in [2.05, 4.69) is 0 Å². The zero-order valence-electron chi connectivity index (χ0n) is 11.1. The summed E-state index contributed by atoms with van der Waals surface area (Å²) in [4.78, 5) is 12.6. The van der Waals surface area contributed by atoms with Gasteiger partial charge in [0.25, 0.3) is 0 Å². The summed E-state index contributed by atoms with van der Waals surface area (Å²) < 4.78 is 11.1. The first-order valence-corrected chi connectivity index (χ1v) is 7.30. The fourth-order valence-electron chi connectivity index (χ4n) is 2.14. The van der Waals surface area contributed by atoms with E-state index in [1.165, 1.54) is 0 Å².